The molecule has 0 saturated carbocycles. The Hall–Kier alpha value is -1.05. The molecule has 0 spiro atoms. The zero-order chi connectivity index (χ0) is 11.3. The maximum absolute atomic E-state index is 13.0. The Morgan fingerprint density at radius 3 is 2.73 bits per heavy atom. The summed E-state index contributed by atoms with van der Waals surface area (Å²) in [6.07, 6.45) is 3.61. The van der Waals surface area contributed by atoms with Gasteiger partial charge in [-0.05, 0) is 44.0 Å². The van der Waals surface area contributed by atoms with Crippen LogP contribution in [0.1, 0.15) is 38.7 Å². The summed E-state index contributed by atoms with van der Waals surface area (Å²) in [5.41, 5.74) is 1.71. The molecule has 0 radical (unpaired) electrons. The van der Waals surface area contributed by atoms with Crippen LogP contribution in [0, 0.1) is 12.7 Å². The van der Waals surface area contributed by atoms with Gasteiger partial charge in [-0.1, -0.05) is 19.8 Å². The first-order valence-electron chi connectivity index (χ1n) is 5.66. The van der Waals surface area contributed by atoms with Crippen LogP contribution < -0.4 is 5.32 Å². The lowest BCUT2D eigenvalue weighted by molar-refractivity contribution is 0.617. The fourth-order valence-electron chi connectivity index (χ4n) is 1.60. The molecule has 2 heteroatoms. The number of unbranched alkanes of at least 4 members (excludes halogenated alkanes) is 1. The fourth-order valence-corrected chi connectivity index (χ4v) is 1.60. The van der Waals surface area contributed by atoms with Gasteiger partial charge in [-0.3, -0.25) is 0 Å². The predicted molar refractivity (Wildman–Crippen MR) is 63.7 cm³/mol. The molecule has 0 aliphatic heterocycles. The van der Waals surface area contributed by atoms with Gasteiger partial charge in [0.25, 0.3) is 0 Å². The summed E-state index contributed by atoms with van der Waals surface area (Å²) in [7, 11) is 0. The molecule has 1 N–H and O–H groups in total. The zero-order valence-electron chi connectivity index (χ0n) is 9.81. The molecule has 0 aliphatic rings. The molecule has 1 nitrogen and oxygen atoms in total. The van der Waals surface area contributed by atoms with Crippen molar-refractivity contribution in [3.63, 3.8) is 0 Å². The molecule has 1 aromatic carbocycles. The second-order valence-corrected chi connectivity index (χ2v) is 4.15. The summed E-state index contributed by atoms with van der Waals surface area (Å²) in [5, 5.41) is 3.38. The van der Waals surface area contributed by atoms with Crippen molar-refractivity contribution < 1.29 is 4.39 Å². The van der Waals surface area contributed by atoms with Crippen LogP contribution >= 0.6 is 0 Å². The normalized spacial score (nSPS) is 12.5. The van der Waals surface area contributed by atoms with Crippen molar-refractivity contribution in [3.05, 3.63) is 29.6 Å². The van der Waals surface area contributed by atoms with E-state index in [1.54, 1.807) is 13.0 Å². The molecule has 1 unspecified atom stereocenters. The number of hydrogen-bond donors (Lipinski definition) is 1. The first-order valence-corrected chi connectivity index (χ1v) is 5.66. The molecule has 1 rings (SSSR count). The van der Waals surface area contributed by atoms with Crippen molar-refractivity contribution in [3.8, 4) is 0 Å². The highest BCUT2D eigenvalue weighted by molar-refractivity contribution is 5.46. The SMILES string of the molecule is CCCCC(C)Nc1ccc(F)c(C)c1. The third kappa shape index (κ3) is 3.90. The van der Waals surface area contributed by atoms with E-state index in [2.05, 4.69) is 19.2 Å². The van der Waals surface area contributed by atoms with E-state index in [-0.39, 0.29) is 5.82 Å². The summed E-state index contributed by atoms with van der Waals surface area (Å²) in [6, 6.07) is 5.63. The van der Waals surface area contributed by atoms with E-state index in [1.807, 2.05) is 6.07 Å². The summed E-state index contributed by atoms with van der Waals surface area (Å²) < 4.78 is 13.0. The topological polar surface area (TPSA) is 12.0 Å². The zero-order valence-corrected chi connectivity index (χ0v) is 9.81. The van der Waals surface area contributed by atoms with Gasteiger partial charge < -0.3 is 5.32 Å². The number of rotatable bonds is 5. The monoisotopic (exact) mass is 209 g/mol. The quantitative estimate of drug-likeness (QED) is 0.769. The minimum absolute atomic E-state index is 0.137. The number of benzene rings is 1. The van der Waals surface area contributed by atoms with Gasteiger partial charge in [0.05, 0.1) is 0 Å². The van der Waals surface area contributed by atoms with Crippen molar-refractivity contribution in [2.24, 2.45) is 0 Å². The van der Waals surface area contributed by atoms with Crippen LogP contribution in [0.5, 0.6) is 0 Å². The molecule has 0 heterocycles. The van der Waals surface area contributed by atoms with Crippen molar-refractivity contribution in [2.45, 2.75) is 46.1 Å². The van der Waals surface area contributed by atoms with E-state index in [1.165, 1.54) is 18.9 Å². The Labute approximate surface area is 91.7 Å². The van der Waals surface area contributed by atoms with E-state index < -0.39 is 0 Å². The van der Waals surface area contributed by atoms with Gasteiger partial charge in [0.15, 0.2) is 0 Å². The lowest BCUT2D eigenvalue weighted by Crippen LogP contribution is -2.14. The molecule has 1 atom stereocenters. The van der Waals surface area contributed by atoms with Crippen molar-refractivity contribution in [2.75, 3.05) is 5.32 Å². The van der Waals surface area contributed by atoms with Gasteiger partial charge in [-0.25, -0.2) is 4.39 Å². The van der Waals surface area contributed by atoms with E-state index in [0.29, 0.717) is 11.6 Å². The molecule has 0 saturated heterocycles. The first-order chi connectivity index (χ1) is 7.13. The van der Waals surface area contributed by atoms with E-state index >= 15 is 0 Å². The summed E-state index contributed by atoms with van der Waals surface area (Å²) in [5.74, 6) is -0.137. The average molecular weight is 209 g/mol. The lowest BCUT2D eigenvalue weighted by atomic mass is 10.1. The fraction of sp³-hybridized carbons (Fsp3) is 0.538. The van der Waals surface area contributed by atoms with Crippen LogP contribution in [-0.4, -0.2) is 6.04 Å². The highest BCUT2D eigenvalue weighted by Crippen LogP contribution is 2.15. The number of hydrogen-bond acceptors (Lipinski definition) is 1. The molecule has 0 aliphatic carbocycles. The second kappa shape index (κ2) is 5.74. The smallest absolute Gasteiger partial charge is 0.126 e. The molecular weight excluding hydrogens is 189 g/mol. The minimum atomic E-state index is -0.137. The van der Waals surface area contributed by atoms with Crippen LogP contribution in [0.3, 0.4) is 0 Å². The molecule has 84 valence electrons. The van der Waals surface area contributed by atoms with Crippen molar-refractivity contribution in [1.29, 1.82) is 0 Å². The van der Waals surface area contributed by atoms with E-state index in [4.69, 9.17) is 0 Å². The second-order valence-electron chi connectivity index (χ2n) is 4.15. The molecule has 15 heavy (non-hydrogen) atoms. The molecule has 0 fully saturated rings. The maximum atomic E-state index is 13.0. The first kappa shape index (κ1) is 12.0. The Morgan fingerprint density at radius 1 is 1.40 bits per heavy atom. The highest BCUT2D eigenvalue weighted by Gasteiger charge is 2.03. The van der Waals surface area contributed by atoms with Gasteiger partial charge in [0.1, 0.15) is 5.82 Å². The van der Waals surface area contributed by atoms with E-state index in [0.717, 1.165) is 12.1 Å². The average Bonchev–Trinajstić information content (AvgIpc) is 2.20. The van der Waals surface area contributed by atoms with Crippen LogP contribution in [0.25, 0.3) is 0 Å². The Kier molecular flexibility index (Phi) is 4.60. The number of aryl methyl sites for hydroxylation is 1. The summed E-state index contributed by atoms with van der Waals surface area (Å²) >= 11 is 0. The van der Waals surface area contributed by atoms with Gasteiger partial charge >= 0.3 is 0 Å². The predicted octanol–water partition coefficient (Wildman–Crippen LogP) is 4.12. The summed E-state index contributed by atoms with van der Waals surface area (Å²) in [6.45, 7) is 6.14. The van der Waals surface area contributed by atoms with Crippen LogP contribution in [-0.2, 0) is 0 Å². The number of nitrogens with one attached hydrogen (secondary N) is 1. The van der Waals surface area contributed by atoms with Crippen LogP contribution in [0.15, 0.2) is 18.2 Å². The number of anilines is 1. The van der Waals surface area contributed by atoms with Gasteiger partial charge in [0, 0.05) is 11.7 Å². The Balaban J connectivity index is 2.53. The highest BCUT2D eigenvalue weighted by atomic mass is 19.1. The lowest BCUT2D eigenvalue weighted by Gasteiger charge is -2.15. The largest absolute Gasteiger partial charge is 0.383 e. The molecule has 1 aromatic rings. The van der Waals surface area contributed by atoms with Crippen molar-refractivity contribution in [1.82, 2.24) is 0 Å². The number of halogens is 1. The van der Waals surface area contributed by atoms with Crippen LogP contribution in [0.4, 0.5) is 10.1 Å². The molecule has 0 amide bonds. The van der Waals surface area contributed by atoms with Gasteiger partial charge in [-0.15, -0.1) is 0 Å². The maximum Gasteiger partial charge on any atom is 0.126 e. The Morgan fingerprint density at radius 2 is 2.13 bits per heavy atom. The van der Waals surface area contributed by atoms with E-state index in [9.17, 15) is 4.39 Å². The molecule has 0 aromatic heterocycles. The third-order valence-corrected chi connectivity index (χ3v) is 2.56. The van der Waals surface area contributed by atoms with Crippen LogP contribution in [0.2, 0.25) is 0 Å². The van der Waals surface area contributed by atoms with Gasteiger partial charge in [-0.2, -0.15) is 0 Å². The van der Waals surface area contributed by atoms with Crippen molar-refractivity contribution >= 4 is 5.69 Å². The Bertz CT molecular complexity index is 309. The summed E-state index contributed by atoms with van der Waals surface area (Å²) in [4.78, 5) is 0. The minimum Gasteiger partial charge on any atom is -0.383 e. The molecule has 0 bridgehead atoms. The van der Waals surface area contributed by atoms with Gasteiger partial charge in [0.2, 0.25) is 0 Å². The standard InChI is InChI=1S/C13H20FN/c1-4-5-6-11(3)15-12-7-8-13(14)10(2)9-12/h7-9,11,15H,4-6H2,1-3H3. The third-order valence-electron chi connectivity index (χ3n) is 2.56. The molecular formula is C13H20FN.